The van der Waals surface area contributed by atoms with Crippen molar-refractivity contribution in [2.45, 2.75) is 0 Å². The first-order valence-electron chi connectivity index (χ1n) is 4.35. The third-order valence-corrected chi connectivity index (χ3v) is 1.69. The number of methoxy groups -OCH3 is 1. The molecule has 7 heteroatoms. The van der Waals surface area contributed by atoms with Gasteiger partial charge in [0.25, 0.3) is 5.69 Å². The molecule has 0 spiro atoms. The molecule has 0 aliphatic carbocycles. The van der Waals surface area contributed by atoms with Gasteiger partial charge in [0.05, 0.1) is 11.5 Å². The van der Waals surface area contributed by atoms with Crippen molar-refractivity contribution in [2.75, 3.05) is 20.3 Å². The Hall–Kier alpha value is -2.20. The largest absolute Gasteiger partial charge is 0.474 e. The van der Waals surface area contributed by atoms with Crippen molar-refractivity contribution in [3.8, 4) is 11.9 Å². The molecule has 1 aromatic rings. The molecule has 0 aromatic carbocycles. The van der Waals surface area contributed by atoms with Gasteiger partial charge >= 0.3 is 0 Å². The first kappa shape index (κ1) is 11.9. The van der Waals surface area contributed by atoms with Crippen LogP contribution in [0.25, 0.3) is 0 Å². The number of pyridine rings is 1. The maximum absolute atomic E-state index is 10.4. The minimum Gasteiger partial charge on any atom is -0.474 e. The van der Waals surface area contributed by atoms with E-state index < -0.39 is 4.92 Å². The molecule has 84 valence electrons. The normalized spacial score (nSPS) is 9.50. The molecule has 0 saturated carbocycles. The molecule has 0 unspecified atom stereocenters. The van der Waals surface area contributed by atoms with Crippen LogP contribution in [0.1, 0.15) is 5.56 Å². The maximum Gasteiger partial charge on any atom is 0.289 e. The van der Waals surface area contributed by atoms with Crippen LogP contribution in [0.3, 0.4) is 0 Å². The number of hydrogen-bond acceptors (Lipinski definition) is 6. The molecule has 0 bridgehead atoms. The van der Waals surface area contributed by atoms with Gasteiger partial charge in [-0.3, -0.25) is 10.1 Å². The average Bonchev–Trinajstić information content (AvgIpc) is 2.29. The van der Waals surface area contributed by atoms with Crippen LogP contribution in [-0.4, -0.2) is 30.2 Å². The molecule has 1 heterocycles. The van der Waals surface area contributed by atoms with Crippen molar-refractivity contribution < 1.29 is 14.4 Å². The van der Waals surface area contributed by atoms with E-state index in [9.17, 15) is 10.1 Å². The van der Waals surface area contributed by atoms with E-state index in [1.54, 1.807) is 6.07 Å². The fraction of sp³-hybridized carbons (Fsp3) is 0.333. The fourth-order valence-electron chi connectivity index (χ4n) is 0.958. The molecule has 0 saturated heterocycles. The highest BCUT2D eigenvalue weighted by atomic mass is 16.6. The molecule has 0 N–H and O–H groups in total. The SMILES string of the molecule is COCCOc1ncc([N+](=O)[O-])cc1C#N. The third-order valence-electron chi connectivity index (χ3n) is 1.69. The van der Waals surface area contributed by atoms with Crippen LogP contribution >= 0.6 is 0 Å². The van der Waals surface area contributed by atoms with E-state index in [1.807, 2.05) is 0 Å². The van der Waals surface area contributed by atoms with E-state index in [0.29, 0.717) is 6.61 Å². The van der Waals surface area contributed by atoms with Gasteiger partial charge in [-0.05, 0) is 0 Å². The van der Waals surface area contributed by atoms with Gasteiger partial charge in [-0.2, -0.15) is 5.26 Å². The van der Waals surface area contributed by atoms with E-state index in [1.165, 1.54) is 7.11 Å². The van der Waals surface area contributed by atoms with Crippen molar-refractivity contribution in [3.63, 3.8) is 0 Å². The van der Waals surface area contributed by atoms with Gasteiger partial charge in [0.2, 0.25) is 5.88 Å². The Morgan fingerprint density at radius 1 is 1.62 bits per heavy atom. The minimum atomic E-state index is -0.618. The predicted molar refractivity (Wildman–Crippen MR) is 53.0 cm³/mol. The van der Waals surface area contributed by atoms with Crippen LogP contribution in [-0.2, 0) is 4.74 Å². The molecule has 1 aromatic heterocycles. The lowest BCUT2D eigenvalue weighted by Gasteiger charge is -2.05. The third kappa shape index (κ3) is 2.90. The molecular weight excluding hydrogens is 214 g/mol. The molecule has 0 aliphatic rings. The molecular formula is C9H9N3O4. The topological polar surface area (TPSA) is 98.3 Å². The summed E-state index contributed by atoms with van der Waals surface area (Å²) in [4.78, 5) is 13.5. The maximum atomic E-state index is 10.4. The summed E-state index contributed by atoms with van der Waals surface area (Å²) in [7, 11) is 1.51. The minimum absolute atomic E-state index is 0.0327. The Labute approximate surface area is 91.4 Å². The van der Waals surface area contributed by atoms with Gasteiger partial charge in [-0.1, -0.05) is 0 Å². The van der Waals surface area contributed by atoms with E-state index in [-0.39, 0.29) is 23.7 Å². The second-order valence-corrected chi connectivity index (χ2v) is 2.76. The predicted octanol–water partition coefficient (Wildman–Crippen LogP) is 0.887. The number of ether oxygens (including phenoxy) is 2. The van der Waals surface area contributed by atoms with Crippen LogP contribution in [0, 0.1) is 21.4 Å². The number of nitriles is 1. The van der Waals surface area contributed by atoms with Gasteiger partial charge in [-0.25, -0.2) is 4.98 Å². The second-order valence-electron chi connectivity index (χ2n) is 2.76. The molecule has 0 radical (unpaired) electrons. The van der Waals surface area contributed by atoms with Crippen molar-refractivity contribution in [1.82, 2.24) is 4.98 Å². The number of hydrogen-bond donors (Lipinski definition) is 0. The molecule has 0 atom stereocenters. The molecule has 0 aliphatic heterocycles. The van der Waals surface area contributed by atoms with Crippen molar-refractivity contribution in [3.05, 3.63) is 27.9 Å². The Morgan fingerprint density at radius 2 is 2.38 bits per heavy atom. The van der Waals surface area contributed by atoms with Crippen molar-refractivity contribution in [2.24, 2.45) is 0 Å². The quantitative estimate of drug-likeness (QED) is 0.417. The summed E-state index contributed by atoms with van der Waals surface area (Å²) < 4.78 is 9.88. The molecule has 7 nitrogen and oxygen atoms in total. The summed E-state index contributed by atoms with van der Waals surface area (Å²) in [6.45, 7) is 0.583. The monoisotopic (exact) mass is 223 g/mol. The van der Waals surface area contributed by atoms with Gasteiger partial charge in [0, 0.05) is 13.2 Å². The van der Waals surface area contributed by atoms with Crippen LogP contribution in [0.15, 0.2) is 12.3 Å². The highest BCUT2D eigenvalue weighted by Gasteiger charge is 2.12. The molecule has 0 amide bonds. The van der Waals surface area contributed by atoms with Gasteiger partial charge in [0.1, 0.15) is 24.4 Å². The van der Waals surface area contributed by atoms with E-state index >= 15 is 0 Å². The Balaban J connectivity index is 2.86. The first-order valence-corrected chi connectivity index (χ1v) is 4.35. The highest BCUT2D eigenvalue weighted by Crippen LogP contribution is 2.19. The van der Waals surface area contributed by atoms with Gasteiger partial charge in [-0.15, -0.1) is 0 Å². The summed E-state index contributed by atoms with van der Waals surface area (Å²) in [5.41, 5.74) is -0.207. The average molecular weight is 223 g/mol. The summed E-state index contributed by atoms with van der Waals surface area (Å²) in [6.07, 6.45) is 1.04. The summed E-state index contributed by atoms with van der Waals surface area (Å²) in [5.74, 6) is 0.0742. The smallest absolute Gasteiger partial charge is 0.289 e. The van der Waals surface area contributed by atoms with Crippen LogP contribution in [0.2, 0.25) is 0 Å². The lowest BCUT2D eigenvalue weighted by molar-refractivity contribution is -0.385. The van der Waals surface area contributed by atoms with Crippen molar-refractivity contribution in [1.29, 1.82) is 5.26 Å². The highest BCUT2D eigenvalue weighted by molar-refractivity contribution is 5.44. The molecule has 16 heavy (non-hydrogen) atoms. The lowest BCUT2D eigenvalue weighted by atomic mass is 10.3. The first-order chi connectivity index (χ1) is 7.69. The van der Waals surface area contributed by atoms with Gasteiger partial charge < -0.3 is 9.47 Å². The lowest BCUT2D eigenvalue weighted by Crippen LogP contribution is -2.06. The Kier molecular flexibility index (Phi) is 4.17. The van der Waals surface area contributed by atoms with Gasteiger partial charge in [0.15, 0.2) is 0 Å². The Morgan fingerprint density at radius 3 is 2.94 bits per heavy atom. The van der Waals surface area contributed by atoms with E-state index in [4.69, 9.17) is 14.7 Å². The summed E-state index contributed by atoms with van der Waals surface area (Å²) >= 11 is 0. The fourth-order valence-corrected chi connectivity index (χ4v) is 0.958. The van der Waals surface area contributed by atoms with Crippen LogP contribution < -0.4 is 4.74 Å². The van der Waals surface area contributed by atoms with E-state index in [0.717, 1.165) is 12.3 Å². The number of nitro groups is 1. The van der Waals surface area contributed by atoms with Crippen LogP contribution in [0.4, 0.5) is 5.69 Å². The zero-order valence-electron chi connectivity index (χ0n) is 8.54. The van der Waals surface area contributed by atoms with Crippen molar-refractivity contribution >= 4 is 5.69 Å². The summed E-state index contributed by atoms with van der Waals surface area (Å²) in [6, 6.07) is 2.91. The zero-order chi connectivity index (χ0) is 12.0. The zero-order valence-corrected chi connectivity index (χ0v) is 8.54. The molecule has 1 rings (SSSR count). The van der Waals surface area contributed by atoms with E-state index in [2.05, 4.69) is 4.98 Å². The second kappa shape index (κ2) is 5.63. The number of nitrogens with zero attached hydrogens (tertiary/aromatic N) is 3. The standard InChI is InChI=1S/C9H9N3O4/c1-15-2-3-16-9-7(5-10)4-8(6-11-9)12(13)14/h4,6H,2-3H2,1H3. The number of rotatable bonds is 5. The number of aromatic nitrogens is 1. The summed E-state index contributed by atoms with van der Waals surface area (Å²) in [5, 5.41) is 19.2. The Bertz CT molecular complexity index is 427. The van der Waals surface area contributed by atoms with Crippen LogP contribution in [0.5, 0.6) is 5.88 Å². The molecule has 0 fully saturated rings.